The second-order valence-corrected chi connectivity index (χ2v) is 4.64. The van der Waals surface area contributed by atoms with Gasteiger partial charge in [-0.3, -0.25) is 4.90 Å². The van der Waals surface area contributed by atoms with E-state index in [0.717, 1.165) is 30.7 Å². The van der Waals surface area contributed by atoms with Gasteiger partial charge in [-0.15, -0.1) is 0 Å². The molecule has 1 aromatic carbocycles. The smallest absolute Gasteiger partial charge is 0.295 e. The Bertz CT molecular complexity index is 459. The number of benzene rings is 1. The van der Waals surface area contributed by atoms with E-state index in [1.165, 1.54) is 0 Å². The highest BCUT2D eigenvalue weighted by Crippen LogP contribution is 2.17. The summed E-state index contributed by atoms with van der Waals surface area (Å²) in [4.78, 5) is 6.78. The minimum Gasteiger partial charge on any atom is -0.424 e. The van der Waals surface area contributed by atoms with Crippen molar-refractivity contribution in [2.45, 2.75) is 26.8 Å². The number of fused-ring (bicyclic) bond motifs is 1. The lowest BCUT2D eigenvalue weighted by Crippen LogP contribution is -2.34. The number of hydrogen-bond donors (Lipinski definition) is 1. The molecular weight excluding hydrogens is 226 g/mol. The molecule has 1 aromatic heterocycles. The van der Waals surface area contributed by atoms with Gasteiger partial charge in [-0.25, -0.2) is 0 Å². The van der Waals surface area contributed by atoms with Crippen molar-refractivity contribution in [3.63, 3.8) is 0 Å². The van der Waals surface area contributed by atoms with E-state index in [-0.39, 0.29) is 0 Å². The quantitative estimate of drug-likeness (QED) is 0.852. The van der Waals surface area contributed by atoms with Crippen LogP contribution in [0.1, 0.15) is 20.8 Å². The van der Waals surface area contributed by atoms with Crippen molar-refractivity contribution in [1.82, 2.24) is 9.88 Å². The summed E-state index contributed by atoms with van der Waals surface area (Å²) in [7, 11) is 0. The van der Waals surface area contributed by atoms with E-state index < -0.39 is 0 Å². The maximum atomic E-state index is 5.60. The van der Waals surface area contributed by atoms with Gasteiger partial charge in [-0.05, 0) is 32.5 Å². The minimum absolute atomic E-state index is 0.570. The lowest BCUT2D eigenvalue weighted by atomic mass is 10.3. The van der Waals surface area contributed by atoms with Crippen molar-refractivity contribution in [2.75, 3.05) is 25.0 Å². The summed E-state index contributed by atoms with van der Waals surface area (Å²) in [6, 6.07) is 8.98. The van der Waals surface area contributed by atoms with Crippen LogP contribution in [0.15, 0.2) is 28.7 Å². The maximum absolute atomic E-state index is 5.60. The van der Waals surface area contributed by atoms with Crippen molar-refractivity contribution in [3.8, 4) is 0 Å². The van der Waals surface area contributed by atoms with Crippen molar-refractivity contribution < 1.29 is 4.42 Å². The van der Waals surface area contributed by atoms with Crippen LogP contribution in [0.5, 0.6) is 0 Å². The van der Waals surface area contributed by atoms with Gasteiger partial charge in [0.25, 0.3) is 6.01 Å². The highest BCUT2D eigenvalue weighted by Gasteiger charge is 2.07. The molecular formula is C14H21N3O. The van der Waals surface area contributed by atoms with Gasteiger partial charge < -0.3 is 9.73 Å². The fraction of sp³-hybridized carbons (Fsp3) is 0.500. The molecule has 0 saturated heterocycles. The summed E-state index contributed by atoms with van der Waals surface area (Å²) in [5.74, 6) is 0. The van der Waals surface area contributed by atoms with Gasteiger partial charge in [-0.1, -0.05) is 19.1 Å². The van der Waals surface area contributed by atoms with Crippen molar-refractivity contribution >= 4 is 17.1 Å². The van der Waals surface area contributed by atoms with E-state index in [1.807, 2.05) is 24.3 Å². The molecule has 0 aliphatic heterocycles. The fourth-order valence-electron chi connectivity index (χ4n) is 2.04. The molecule has 0 aliphatic rings. The first-order valence-electron chi connectivity index (χ1n) is 6.54. The Labute approximate surface area is 108 Å². The number of nitrogens with one attached hydrogen (secondary N) is 1. The van der Waals surface area contributed by atoms with Crippen LogP contribution in [0.2, 0.25) is 0 Å². The third kappa shape index (κ3) is 3.01. The third-order valence-corrected chi connectivity index (χ3v) is 3.11. The average Bonchev–Trinajstić information content (AvgIpc) is 2.76. The first kappa shape index (κ1) is 12.9. The summed E-state index contributed by atoms with van der Waals surface area (Å²) < 4.78 is 5.60. The zero-order valence-corrected chi connectivity index (χ0v) is 11.3. The molecule has 0 radical (unpaired) electrons. The van der Waals surface area contributed by atoms with E-state index >= 15 is 0 Å². The lowest BCUT2D eigenvalue weighted by molar-refractivity contribution is 0.242. The Morgan fingerprint density at radius 1 is 1.33 bits per heavy atom. The third-order valence-electron chi connectivity index (χ3n) is 3.11. The highest BCUT2D eigenvalue weighted by molar-refractivity contribution is 5.74. The second-order valence-electron chi connectivity index (χ2n) is 4.64. The van der Waals surface area contributed by atoms with Gasteiger partial charge in [0, 0.05) is 19.1 Å². The monoisotopic (exact) mass is 247 g/mol. The van der Waals surface area contributed by atoms with Crippen LogP contribution >= 0.6 is 0 Å². The number of hydrogen-bond acceptors (Lipinski definition) is 4. The molecule has 1 heterocycles. The van der Waals surface area contributed by atoms with E-state index in [1.54, 1.807) is 0 Å². The lowest BCUT2D eigenvalue weighted by Gasteiger charge is -2.24. The van der Waals surface area contributed by atoms with Crippen molar-refractivity contribution in [1.29, 1.82) is 0 Å². The predicted octanol–water partition coefficient (Wildman–Crippen LogP) is 2.97. The fourth-order valence-corrected chi connectivity index (χ4v) is 2.04. The molecule has 18 heavy (non-hydrogen) atoms. The van der Waals surface area contributed by atoms with Crippen LogP contribution in [-0.2, 0) is 0 Å². The molecule has 0 spiro atoms. The van der Waals surface area contributed by atoms with Gasteiger partial charge >= 0.3 is 0 Å². The second kappa shape index (κ2) is 5.87. The number of rotatable bonds is 6. The number of oxazole rings is 1. The van der Waals surface area contributed by atoms with Crippen molar-refractivity contribution in [2.24, 2.45) is 0 Å². The van der Waals surface area contributed by atoms with E-state index in [9.17, 15) is 0 Å². The predicted molar refractivity (Wildman–Crippen MR) is 74.9 cm³/mol. The summed E-state index contributed by atoms with van der Waals surface area (Å²) in [5, 5.41) is 3.23. The molecule has 0 unspecified atom stereocenters. The van der Waals surface area contributed by atoms with Gasteiger partial charge in [0.1, 0.15) is 5.52 Å². The number of likely N-dealkylation sites (N-methyl/N-ethyl adjacent to an activating group) is 1. The zero-order chi connectivity index (χ0) is 13.0. The SMILES string of the molecule is CCN(CCNc1nc2ccccc2o1)C(C)C. The van der Waals surface area contributed by atoms with Crippen LogP contribution in [0.4, 0.5) is 6.01 Å². The number of para-hydroxylation sites is 2. The molecule has 0 aliphatic carbocycles. The van der Waals surface area contributed by atoms with Gasteiger partial charge in [0.15, 0.2) is 5.58 Å². The Kier molecular flexibility index (Phi) is 4.20. The van der Waals surface area contributed by atoms with Crippen LogP contribution in [0.25, 0.3) is 11.1 Å². The molecule has 0 amide bonds. The minimum atomic E-state index is 0.570. The maximum Gasteiger partial charge on any atom is 0.295 e. The standard InChI is InChI=1S/C14H21N3O/c1-4-17(11(2)3)10-9-15-14-16-12-7-5-6-8-13(12)18-14/h5-8,11H,4,9-10H2,1-3H3,(H,15,16). The first-order valence-corrected chi connectivity index (χ1v) is 6.54. The van der Waals surface area contributed by atoms with E-state index in [4.69, 9.17) is 4.42 Å². The van der Waals surface area contributed by atoms with Crippen LogP contribution in [-0.4, -0.2) is 35.6 Å². The summed E-state index contributed by atoms with van der Waals surface area (Å²) in [6.45, 7) is 9.50. The molecule has 4 nitrogen and oxygen atoms in total. The Balaban J connectivity index is 1.90. The summed E-state index contributed by atoms with van der Waals surface area (Å²) >= 11 is 0. The molecule has 0 saturated carbocycles. The van der Waals surface area contributed by atoms with Gasteiger partial charge in [0.05, 0.1) is 0 Å². The molecule has 0 atom stereocenters. The van der Waals surface area contributed by atoms with Crippen LogP contribution < -0.4 is 5.32 Å². The van der Waals surface area contributed by atoms with Crippen LogP contribution in [0, 0.1) is 0 Å². The normalized spacial score (nSPS) is 11.6. The molecule has 2 rings (SSSR count). The number of anilines is 1. The Morgan fingerprint density at radius 2 is 2.11 bits per heavy atom. The van der Waals surface area contributed by atoms with Crippen LogP contribution in [0.3, 0.4) is 0 Å². The molecule has 0 bridgehead atoms. The van der Waals surface area contributed by atoms with Gasteiger partial charge in [0.2, 0.25) is 0 Å². The molecule has 98 valence electrons. The highest BCUT2D eigenvalue weighted by atomic mass is 16.4. The van der Waals surface area contributed by atoms with Gasteiger partial charge in [-0.2, -0.15) is 4.98 Å². The molecule has 0 fully saturated rings. The van der Waals surface area contributed by atoms with Crippen molar-refractivity contribution in [3.05, 3.63) is 24.3 Å². The van der Waals surface area contributed by atoms with E-state index in [0.29, 0.717) is 12.1 Å². The number of aromatic nitrogens is 1. The summed E-state index contributed by atoms with van der Waals surface area (Å²) in [5.41, 5.74) is 1.73. The topological polar surface area (TPSA) is 41.3 Å². The van der Waals surface area contributed by atoms with E-state index in [2.05, 4.69) is 36.0 Å². The Hall–Kier alpha value is -1.55. The number of nitrogens with zero attached hydrogens (tertiary/aromatic N) is 2. The molecule has 4 heteroatoms. The average molecular weight is 247 g/mol. The zero-order valence-electron chi connectivity index (χ0n) is 11.3. The summed E-state index contributed by atoms with van der Waals surface area (Å²) in [6.07, 6.45) is 0. The molecule has 2 aromatic rings. The Morgan fingerprint density at radius 3 is 2.78 bits per heavy atom. The molecule has 1 N–H and O–H groups in total. The first-order chi connectivity index (χ1) is 8.70. The largest absolute Gasteiger partial charge is 0.424 e.